The fourth-order valence-corrected chi connectivity index (χ4v) is 6.81. The Bertz CT molecular complexity index is 1700. The first-order valence-electron chi connectivity index (χ1n) is 13.8. The van der Waals surface area contributed by atoms with Crippen LogP contribution in [-0.2, 0) is 32.6 Å². The van der Waals surface area contributed by atoms with Crippen LogP contribution in [0.5, 0.6) is 5.75 Å². The summed E-state index contributed by atoms with van der Waals surface area (Å²) in [5.74, 6) is -1.04. The number of ether oxygens (including phenoxy) is 1. The van der Waals surface area contributed by atoms with Gasteiger partial charge in [0.25, 0.3) is 10.0 Å². The highest BCUT2D eigenvalue weighted by atomic mass is 79.9. The molecular formula is C33H33BrFN3O5S. The molecule has 0 saturated heterocycles. The number of hydrogen-bond donors (Lipinski definition) is 1. The zero-order chi connectivity index (χ0) is 31.9. The number of amides is 2. The van der Waals surface area contributed by atoms with Crippen LogP contribution in [0.15, 0.2) is 106 Å². The molecule has 4 aromatic rings. The van der Waals surface area contributed by atoms with Gasteiger partial charge in [0, 0.05) is 20.0 Å². The number of hydrogen-bond acceptors (Lipinski definition) is 5. The third kappa shape index (κ3) is 7.83. The van der Waals surface area contributed by atoms with Gasteiger partial charge in [0.05, 0.1) is 22.2 Å². The first-order chi connectivity index (χ1) is 21.0. The van der Waals surface area contributed by atoms with Gasteiger partial charge in [-0.2, -0.15) is 0 Å². The zero-order valence-corrected chi connectivity index (χ0v) is 26.9. The molecule has 44 heavy (non-hydrogen) atoms. The molecular weight excluding hydrogens is 649 g/mol. The molecule has 0 spiro atoms. The molecule has 4 rings (SSSR count). The molecule has 4 aromatic carbocycles. The van der Waals surface area contributed by atoms with E-state index in [0.717, 1.165) is 15.4 Å². The van der Waals surface area contributed by atoms with E-state index in [4.69, 9.17) is 4.74 Å². The maximum atomic E-state index is 14.3. The number of rotatable bonds is 12. The molecule has 0 aliphatic carbocycles. The van der Waals surface area contributed by atoms with Crippen molar-refractivity contribution in [1.29, 1.82) is 0 Å². The molecule has 0 aromatic heterocycles. The molecule has 0 aliphatic rings. The normalized spacial score (nSPS) is 11.8. The Morgan fingerprint density at radius 2 is 1.59 bits per heavy atom. The van der Waals surface area contributed by atoms with Crippen molar-refractivity contribution >= 4 is 43.5 Å². The molecule has 0 heterocycles. The van der Waals surface area contributed by atoms with Gasteiger partial charge in [-0.15, -0.1) is 0 Å². The lowest BCUT2D eigenvalue weighted by molar-refractivity contribution is -0.139. The van der Waals surface area contributed by atoms with Gasteiger partial charge in [-0.25, -0.2) is 12.8 Å². The number of carbonyl (C=O) groups excluding carboxylic acids is 2. The van der Waals surface area contributed by atoms with Crippen LogP contribution in [0.3, 0.4) is 0 Å². The molecule has 0 fully saturated rings. The van der Waals surface area contributed by atoms with E-state index in [0.29, 0.717) is 15.8 Å². The number of nitrogens with one attached hydrogen (secondary N) is 1. The second-order valence-electron chi connectivity index (χ2n) is 10.1. The fraction of sp³-hybridized carbons (Fsp3) is 0.212. The second kappa shape index (κ2) is 14.5. The van der Waals surface area contributed by atoms with Gasteiger partial charge < -0.3 is 15.0 Å². The molecule has 1 N–H and O–H groups in total. The first-order valence-corrected chi connectivity index (χ1v) is 16.0. The van der Waals surface area contributed by atoms with Gasteiger partial charge >= 0.3 is 0 Å². The van der Waals surface area contributed by atoms with E-state index in [-0.39, 0.29) is 23.5 Å². The Morgan fingerprint density at radius 3 is 2.18 bits per heavy atom. The topological polar surface area (TPSA) is 96.0 Å². The van der Waals surface area contributed by atoms with Crippen LogP contribution in [0, 0.1) is 12.7 Å². The molecule has 2 amide bonds. The van der Waals surface area contributed by atoms with E-state index >= 15 is 0 Å². The average molecular weight is 683 g/mol. The summed E-state index contributed by atoms with van der Waals surface area (Å²) in [6.07, 6.45) is 0.177. The van der Waals surface area contributed by atoms with Crippen LogP contribution in [0.4, 0.5) is 10.1 Å². The Balaban J connectivity index is 1.79. The molecule has 0 unspecified atom stereocenters. The van der Waals surface area contributed by atoms with Gasteiger partial charge in [-0.1, -0.05) is 60.2 Å². The van der Waals surface area contributed by atoms with E-state index in [2.05, 4.69) is 21.2 Å². The summed E-state index contributed by atoms with van der Waals surface area (Å²) in [5.41, 5.74) is 2.57. The summed E-state index contributed by atoms with van der Waals surface area (Å²) in [5, 5.41) is 2.64. The summed E-state index contributed by atoms with van der Waals surface area (Å²) in [4.78, 5) is 28.9. The largest absolute Gasteiger partial charge is 0.496 e. The standard InChI is InChI=1S/C33H33BrFN3O5S/c1-23-9-15-27(16-10-23)38(44(41,42)28-17-18-31(43-3)29(34)20-28)22-32(39)37(21-25-11-13-26(35)14-12-25)30(33(40)36-2)19-24-7-5-4-6-8-24/h4-18,20,30H,19,21-22H2,1-3H3,(H,36,40)/t30-/m1/s1. The number of aryl methyl sites for hydroxylation is 1. The number of methoxy groups -OCH3 is 1. The molecule has 1 atom stereocenters. The highest BCUT2D eigenvalue weighted by molar-refractivity contribution is 9.10. The van der Waals surface area contributed by atoms with Gasteiger partial charge in [0.1, 0.15) is 24.2 Å². The number of nitrogens with zero attached hydrogens (tertiary/aromatic N) is 2. The van der Waals surface area contributed by atoms with Crippen LogP contribution in [0.1, 0.15) is 16.7 Å². The van der Waals surface area contributed by atoms with Crippen LogP contribution in [0.25, 0.3) is 0 Å². The first kappa shape index (κ1) is 32.7. The molecule has 0 bridgehead atoms. The molecule has 0 aliphatic heterocycles. The second-order valence-corrected chi connectivity index (χ2v) is 12.8. The van der Waals surface area contributed by atoms with E-state index in [1.165, 1.54) is 61.5 Å². The fourth-order valence-electron chi connectivity index (χ4n) is 4.68. The molecule has 8 nitrogen and oxygen atoms in total. The minimum atomic E-state index is -4.28. The summed E-state index contributed by atoms with van der Waals surface area (Å²) >= 11 is 3.35. The van der Waals surface area contributed by atoms with E-state index in [1.807, 2.05) is 37.3 Å². The van der Waals surface area contributed by atoms with Crippen LogP contribution in [0.2, 0.25) is 0 Å². The van der Waals surface area contributed by atoms with Crippen molar-refractivity contribution in [2.45, 2.75) is 30.8 Å². The maximum absolute atomic E-state index is 14.3. The number of likely N-dealkylation sites (N-methyl/N-ethyl adjacent to an activating group) is 1. The molecule has 0 radical (unpaired) electrons. The van der Waals surface area contributed by atoms with Gasteiger partial charge in [0.15, 0.2) is 0 Å². The Kier molecular flexibility index (Phi) is 10.8. The third-order valence-electron chi connectivity index (χ3n) is 7.10. The predicted molar refractivity (Wildman–Crippen MR) is 171 cm³/mol. The van der Waals surface area contributed by atoms with Crippen molar-refractivity contribution in [3.63, 3.8) is 0 Å². The van der Waals surface area contributed by atoms with Gasteiger partial charge in [-0.3, -0.25) is 13.9 Å². The lowest BCUT2D eigenvalue weighted by Gasteiger charge is -2.33. The monoisotopic (exact) mass is 681 g/mol. The number of sulfonamides is 1. The highest BCUT2D eigenvalue weighted by Gasteiger charge is 2.34. The summed E-state index contributed by atoms with van der Waals surface area (Å²) in [6, 6.07) is 24.9. The smallest absolute Gasteiger partial charge is 0.264 e. The molecule has 0 saturated carbocycles. The van der Waals surface area contributed by atoms with Crippen LogP contribution in [-0.4, -0.2) is 51.9 Å². The Hall–Kier alpha value is -4.22. The third-order valence-corrected chi connectivity index (χ3v) is 9.49. The SMILES string of the molecule is CNC(=O)[C@@H](Cc1ccccc1)N(Cc1ccc(F)cc1)C(=O)CN(c1ccc(C)cc1)S(=O)(=O)c1ccc(OC)c(Br)c1. The van der Waals surface area contributed by atoms with Crippen molar-refractivity contribution in [2.75, 3.05) is 25.0 Å². The van der Waals surface area contributed by atoms with Crippen molar-refractivity contribution < 1.29 is 27.1 Å². The van der Waals surface area contributed by atoms with Crippen LogP contribution < -0.4 is 14.4 Å². The zero-order valence-electron chi connectivity index (χ0n) is 24.5. The Morgan fingerprint density at radius 1 is 0.932 bits per heavy atom. The molecule has 11 heteroatoms. The van der Waals surface area contributed by atoms with E-state index in [1.54, 1.807) is 24.3 Å². The number of halogens is 2. The molecule has 230 valence electrons. The number of benzene rings is 4. The number of carbonyl (C=O) groups is 2. The van der Waals surface area contributed by atoms with E-state index in [9.17, 15) is 22.4 Å². The van der Waals surface area contributed by atoms with Gasteiger partial charge in [-0.05, 0) is 76.4 Å². The summed E-state index contributed by atoms with van der Waals surface area (Å²) in [6.45, 7) is 1.22. The maximum Gasteiger partial charge on any atom is 0.264 e. The predicted octanol–water partition coefficient (Wildman–Crippen LogP) is 5.49. The quantitative estimate of drug-likeness (QED) is 0.214. The van der Waals surface area contributed by atoms with Gasteiger partial charge in [0.2, 0.25) is 11.8 Å². The van der Waals surface area contributed by atoms with Crippen molar-refractivity contribution in [1.82, 2.24) is 10.2 Å². The summed E-state index contributed by atoms with van der Waals surface area (Å²) < 4.78 is 48.8. The van der Waals surface area contributed by atoms with Crippen LogP contribution >= 0.6 is 15.9 Å². The lowest BCUT2D eigenvalue weighted by Crippen LogP contribution is -2.53. The Labute approximate surface area is 265 Å². The highest BCUT2D eigenvalue weighted by Crippen LogP contribution is 2.31. The van der Waals surface area contributed by atoms with E-state index < -0.39 is 40.2 Å². The lowest BCUT2D eigenvalue weighted by atomic mass is 10.0. The van der Waals surface area contributed by atoms with Crippen molar-refractivity contribution in [3.05, 3.63) is 124 Å². The average Bonchev–Trinajstić information content (AvgIpc) is 3.02. The van der Waals surface area contributed by atoms with Crippen molar-refractivity contribution in [2.24, 2.45) is 0 Å². The number of anilines is 1. The minimum absolute atomic E-state index is 0.0557. The summed E-state index contributed by atoms with van der Waals surface area (Å²) in [7, 11) is -1.33. The minimum Gasteiger partial charge on any atom is -0.496 e. The van der Waals surface area contributed by atoms with Crippen molar-refractivity contribution in [3.8, 4) is 5.75 Å².